The highest BCUT2D eigenvalue weighted by Crippen LogP contribution is 2.04. The molecule has 0 atom stereocenters. The highest BCUT2D eigenvalue weighted by atomic mass is 16.4. The monoisotopic (exact) mass is 234 g/mol. The van der Waals surface area contributed by atoms with Crippen LogP contribution in [0.1, 0.15) is 23.1 Å². The molecule has 17 heavy (non-hydrogen) atoms. The van der Waals surface area contributed by atoms with Crippen LogP contribution in [0.15, 0.2) is 23.3 Å². The average molecular weight is 234 g/mol. The lowest BCUT2D eigenvalue weighted by Gasteiger charge is -2.01. The van der Waals surface area contributed by atoms with E-state index in [-0.39, 0.29) is 11.1 Å². The van der Waals surface area contributed by atoms with E-state index in [9.17, 15) is 9.59 Å². The third kappa shape index (κ3) is 2.22. The summed E-state index contributed by atoms with van der Waals surface area (Å²) < 4.78 is 1.26. The second kappa shape index (κ2) is 4.20. The fraction of sp³-hybridized carbons (Fsp3) is 0.200. The number of aryl methyl sites for hydroxylation is 1. The van der Waals surface area contributed by atoms with Gasteiger partial charge in [-0.2, -0.15) is 5.10 Å². The van der Waals surface area contributed by atoms with Gasteiger partial charge in [0.1, 0.15) is 5.82 Å². The van der Waals surface area contributed by atoms with Crippen molar-refractivity contribution in [3.63, 3.8) is 0 Å². The minimum absolute atomic E-state index is 0.0464. The van der Waals surface area contributed by atoms with Crippen LogP contribution in [-0.4, -0.2) is 30.8 Å². The van der Waals surface area contributed by atoms with Crippen molar-refractivity contribution in [3.8, 4) is 5.82 Å². The third-order valence-corrected chi connectivity index (χ3v) is 2.18. The Labute approximate surface area is 95.7 Å². The largest absolute Gasteiger partial charge is 0.478 e. The molecule has 2 aromatic rings. The SMILES string of the molecule is CCc1nc(-n2cc(C(=O)O)cn2)cc(=O)[nH]1. The van der Waals surface area contributed by atoms with Gasteiger partial charge >= 0.3 is 5.97 Å². The zero-order valence-corrected chi connectivity index (χ0v) is 9.04. The van der Waals surface area contributed by atoms with Crippen molar-refractivity contribution in [2.45, 2.75) is 13.3 Å². The molecule has 0 aliphatic rings. The minimum Gasteiger partial charge on any atom is -0.478 e. The van der Waals surface area contributed by atoms with E-state index in [0.29, 0.717) is 18.1 Å². The molecule has 7 nitrogen and oxygen atoms in total. The Morgan fingerprint density at radius 3 is 2.94 bits per heavy atom. The first-order valence-electron chi connectivity index (χ1n) is 4.98. The number of carbonyl (C=O) groups is 1. The molecular formula is C10H10N4O3. The Morgan fingerprint density at radius 2 is 2.35 bits per heavy atom. The average Bonchev–Trinajstić information content (AvgIpc) is 2.77. The van der Waals surface area contributed by atoms with Gasteiger partial charge in [-0.1, -0.05) is 6.92 Å². The molecule has 88 valence electrons. The van der Waals surface area contributed by atoms with Crippen LogP contribution in [0, 0.1) is 0 Å². The number of hydrogen-bond acceptors (Lipinski definition) is 4. The van der Waals surface area contributed by atoms with Crippen LogP contribution in [0.2, 0.25) is 0 Å². The lowest BCUT2D eigenvalue weighted by molar-refractivity contribution is 0.0697. The van der Waals surface area contributed by atoms with Crippen LogP contribution in [0.3, 0.4) is 0 Å². The zero-order chi connectivity index (χ0) is 12.4. The predicted molar refractivity (Wildman–Crippen MR) is 58.3 cm³/mol. The van der Waals surface area contributed by atoms with E-state index in [0.717, 1.165) is 0 Å². The van der Waals surface area contributed by atoms with Crippen LogP contribution in [0.4, 0.5) is 0 Å². The first-order chi connectivity index (χ1) is 8.10. The summed E-state index contributed by atoms with van der Waals surface area (Å²) in [5.41, 5.74) is -0.246. The first kappa shape index (κ1) is 11.1. The van der Waals surface area contributed by atoms with Crippen LogP contribution < -0.4 is 5.56 Å². The number of carboxylic acids is 1. The second-order valence-electron chi connectivity index (χ2n) is 3.38. The number of rotatable bonds is 3. The molecule has 2 N–H and O–H groups in total. The Morgan fingerprint density at radius 1 is 1.59 bits per heavy atom. The van der Waals surface area contributed by atoms with Gasteiger partial charge in [-0.05, 0) is 0 Å². The Bertz CT molecular complexity index is 614. The fourth-order valence-corrected chi connectivity index (χ4v) is 1.34. The molecule has 2 heterocycles. The maximum absolute atomic E-state index is 11.3. The van der Waals surface area contributed by atoms with Gasteiger partial charge in [-0.3, -0.25) is 4.79 Å². The number of hydrogen-bond donors (Lipinski definition) is 2. The molecule has 0 aromatic carbocycles. The fourth-order valence-electron chi connectivity index (χ4n) is 1.34. The molecule has 0 amide bonds. The quantitative estimate of drug-likeness (QED) is 0.790. The minimum atomic E-state index is -1.07. The summed E-state index contributed by atoms with van der Waals surface area (Å²) in [5, 5.41) is 12.6. The van der Waals surface area contributed by atoms with Crippen LogP contribution in [0.25, 0.3) is 5.82 Å². The molecule has 0 aliphatic heterocycles. The summed E-state index contributed by atoms with van der Waals surface area (Å²) in [5.74, 6) is -0.241. The third-order valence-electron chi connectivity index (χ3n) is 2.18. The van der Waals surface area contributed by atoms with Gasteiger partial charge in [0.25, 0.3) is 5.56 Å². The van der Waals surface area contributed by atoms with Crippen molar-refractivity contribution < 1.29 is 9.90 Å². The van der Waals surface area contributed by atoms with E-state index in [2.05, 4.69) is 15.1 Å². The molecule has 0 unspecified atom stereocenters. The molecule has 0 spiro atoms. The predicted octanol–water partition coefficient (Wildman–Crippen LogP) is 0.216. The van der Waals surface area contributed by atoms with Crippen molar-refractivity contribution >= 4 is 5.97 Å². The summed E-state index contributed by atoms with van der Waals surface area (Å²) in [7, 11) is 0. The molecular weight excluding hydrogens is 224 g/mol. The van der Waals surface area contributed by atoms with Gasteiger partial charge in [0.2, 0.25) is 0 Å². The van der Waals surface area contributed by atoms with E-state index in [4.69, 9.17) is 5.11 Å². The molecule has 0 saturated heterocycles. The van der Waals surface area contributed by atoms with Crippen LogP contribution in [0.5, 0.6) is 0 Å². The number of aromatic amines is 1. The molecule has 0 aliphatic carbocycles. The number of aromatic nitrogens is 4. The standard InChI is InChI=1S/C10H10N4O3/c1-2-7-12-8(3-9(15)13-7)14-5-6(4-11-14)10(16)17/h3-5H,2H2,1H3,(H,16,17)(H,12,13,15). The topological polar surface area (TPSA) is 101 Å². The van der Waals surface area contributed by atoms with Gasteiger partial charge in [0, 0.05) is 18.7 Å². The maximum Gasteiger partial charge on any atom is 0.338 e. The number of H-pyrrole nitrogens is 1. The van der Waals surface area contributed by atoms with Gasteiger partial charge in [-0.25, -0.2) is 14.5 Å². The van der Waals surface area contributed by atoms with Gasteiger partial charge < -0.3 is 10.1 Å². The normalized spacial score (nSPS) is 10.4. The number of nitrogens with zero attached hydrogens (tertiary/aromatic N) is 3. The van der Waals surface area contributed by atoms with Crippen molar-refractivity contribution in [2.75, 3.05) is 0 Å². The molecule has 0 radical (unpaired) electrons. The molecule has 2 rings (SSSR count). The molecule has 0 bridgehead atoms. The summed E-state index contributed by atoms with van der Waals surface area (Å²) in [4.78, 5) is 28.7. The summed E-state index contributed by atoms with van der Waals surface area (Å²) in [6.45, 7) is 1.85. The lowest BCUT2D eigenvalue weighted by Crippen LogP contribution is -2.13. The summed E-state index contributed by atoms with van der Waals surface area (Å²) in [6, 6.07) is 1.26. The van der Waals surface area contributed by atoms with Gasteiger partial charge in [0.15, 0.2) is 5.82 Å². The highest BCUT2D eigenvalue weighted by molar-refractivity contribution is 5.86. The van der Waals surface area contributed by atoms with Crippen molar-refractivity contribution in [2.24, 2.45) is 0 Å². The highest BCUT2D eigenvalue weighted by Gasteiger charge is 2.08. The Kier molecular flexibility index (Phi) is 2.73. The molecule has 7 heteroatoms. The van der Waals surface area contributed by atoms with Crippen molar-refractivity contribution in [1.29, 1.82) is 0 Å². The number of nitrogens with one attached hydrogen (secondary N) is 1. The van der Waals surface area contributed by atoms with E-state index < -0.39 is 5.97 Å². The Hall–Kier alpha value is -2.44. The van der Waals surface area contributed by atoms with E-state index in [1.807, 2.05) is 6.92 Å². The maximum atomic E-state index is 11.3. The van der Waals surface area contributed by atoms with Gasteiger partial charge in [0.05, 0.1) is 11.8 Å². The second-order valence-corrected chi connectivity index (χ2v) is 3.38. The van der Waals surface area contributed by atoms with Crippen LogP contribution >= 0.6 is 0 Å². The molecule has 0 saturated carbocycles. The van der Waals surface area contributed by atoms with Gasteiger partial charge in [-0.15, -0.1) is 0 Å². The smallest absolute Gasteiger partial charge is 0.338 e. The number of aromatic carboxylic acids is 1. The summed E-state index contributed by atoms with van der Waals surface area (Å²) in [6.07, 6.45) is 3.09. The Balaban J connectivity index is 2.48. The molecule has 2 aromatic heterocycles. The lowest BCUT2D eigenvalue weighted by atomic mass is 10.4. The molecule has 0 fully saturated rings. The van der Waals surface area contributed by atoms with E-state index in [1.54, 1.807) is 0 Å². The summed E-state index contributed by atoms with van der Waals surface area (Å²) >= 11 is 0. The van der Waals surface area contributed by atoms with E-state index in [1.165, 1.54) is 23.1 Å². The van der Waals surface area contributed by atoms with Crippen LogP contribution in [-0.2, 0) is 6.42 Å². The number of carboxylic acid groups (broad SMARTS) is 1. The van der Waals surface area contributed by atoms with E-state index >= 15 is 0 Å². The van der Waals surface area contributed by atoms with Crippen molar-refractivity contribution in [1.82, 2.24) is 19.7 Å². The van der Waals surface area contributed by atoms with Crippen molar-refractivity contribution in [3.05, 3.63) is 40.2 Å². The zero-order valence-electron chi connectivity index (χ0n) is 9.04. The first-order valence-corrected chi connectivity index (χ1v) is 4.98.